The second kappa shape index (κ2) is 10.4. The molecule has 3 heterocycles. The van der Waals surface area contributed by atoms with Crippen molar-refractivity contribution in [2.24, 2.45) is 11.8 Å². The number of hydrogen-bond donors (Lipinski definition) is 0. The van der Waals surface area contributed by atoms with Crippen LogP contribution in [0, 0.1) is 22.0 Å². The summed E-state index contributed by atoms with van der Waals surface area (Å²) in [6, 6.07) is 25.8. The van der Waals surface area contributed by atoms with E-state index in [2.05, 4.69) is 0 Å². The molecule has 0 saturated carbocycles. The van der Waals surface area contributed by atoms with Crippen molar-refractivity contribution < 1.29 is 28.8 Å². The van der Waals surface area contributed by atoms with E-state index in [9.17, 15) is 29.3 Å². The number of carbonyl (C=O) groups excluding carboxylic acids is 4. The number of nitro groups is 1. The minimum absolute atomic E-state index is 0.0705. The molecule has 4 aromatic carbocycles. The van der Waals surface area contributed by atoms with Gasteiger partial charge in [-0.25, -0.2) is 9.69 Å². The van der Waals surface area contributed by atoms with Crippen LogP contribution < -0.4 is 14.5 Å². The fraction of sp³-hybridized carbons (Fsp3) is 0.118. The zero-order chi connectivity index (χ0) is 30.5. The molecule has 2 amide bonds. The summed E-state index contributed by atoms with van der Waals surface area (Å²) in [5.74, 6) is -3.95. The highest BCUT2D eigenvalue weighted by atomic mass is 16.6. The normalized spacial score (nSPS) is 21.5. The van der Waals surface area contributed by atoms with Gasteiger partial charge in [-0.05, 0) is 42.0 Å². The Morgan fingerprint density at radius 2 is 1.45 bits per heavy atom. The average molecular weight is 586 g/mol. The van der Waals surface area contributed by atoms with E-state index >= 15 is 0 Å². The highest BCUT2D eigenvalue weighted by molar-refractivity contribution is 6.24. The number of rotatable bonds is 6. The number of esters is 1. The first kappa shape index (κ1) is 27.0. The molecule has 0 aliphatic carbocycles. The molecule has 10 nitrogen and oxygen atoms in total. The van der Waals surface area contributed by atoms with Gasteiger partial charge in [-0.2, -0.15) is 0 Å². The first-order valence-electron chi connectivity index (χ1n) is 13.9. The second-order valence-corrected chi connectivity index (χ2v) is 10.7. The van der Waals surface area contributed by atoms with Crippen molar-refractivity contribution in [3.8, 4) is 5.75 Å². The van der Waals surface area contributed by atoms with Crippen molar-refractivity contribution >= 4 is 46.7 Å². The van der Waals surface area contributed by atoms with Crippen LogP contribution in [0.3, 0.4) is 0 Å². The summed E-state index contributed by atoms with van der Waals surface area (Å²) in [4.78, 5) is 68.2. The van der Waals surface area contributed by atoms with Crippen LogP contribution in [0.25, 0.3) is 6.08 Å². The first-order chi connectivity index (χ1) is 21.3. The minimum atomic E-state index is -1.16. The van der Waals surface area contributed by atoms with Crippen LogP contribution in [-0.4, -0.2) is 40.6 Å². The molecule has 0 aromatic heterocycles. The van der Waals surface area contributed by atoms with Crippen LogP contribution in [0.5, 0.6) is 5.75 Å². The Morgan fingerprint density at radius 3 is 2.20 bits per heavy atom. The van der Waals surface area contributed by atoms with Gasteiger partial charge in [0.25, 0.3) is 5.69 Å². The molecule has 10 heteroatoms. The summed E-state index contributed by atoms with van der Waals surface area (Å²) >= 11 is 0. The van der Waals surface area contributed by atoms with Gasteiger partial charge in [0.15, 0.2) is 5.78 Å². The van der Waals surface area contributed by atoms with E-state index in [1.54, 1.807) is 47.4 Å². The number of carbonyl (C=O) groups is 4. The zero-order valence-corrected chi connectivity index (χ0v) is 23.0. The smallest absolute Gasteiger partial charge is 0.335 e. The fourth-order valence-electron chi connectivity index (χ4n) is 6.39. The van der Waals surface area contributed by atoms with Crippen molar-refractivity contribution in [3.63, 3.8) is 0 Å². The lowest BCUT2D eigenvalue weighted by atomic mass is 9.89. The lowest BCUT2D eigenvalue weighted by Crippen LogP contribution is -2.50. The number of nitrogens with zero attached hydrogens (tertiary/aromatic N) is 3. The van der Waals surface area contributed by atoms with Crippen molar-refractivity contribution in [1.82, 2.24) is 0 Å². The van der Waals surface area contributed by atoms with Crippen LogP contribution in [0.4, 0.5) is 17.1 Å². The summed E-state index contributed by atoms with van der Waals surface area (Å²) in [6.07, 6.45) is 3.66. The van der Waals surface area contributed by atoms with Crippen LogP contribution in [-0.2, 0) is 14.4 Å². The number of imide groups is 1. The Bertz CT molecular complexity index is 1890. The Hall–Kier alpha value is -5.90. The highest BCUT2D eigenvalue weighted by Gasteiger charge is 2.65. The number of non-ortho nitro benzene ring substituents is 1. The van der Waals surface area contributed by atoms with Gasteiger partial charge >= 0.3 is 5.97 Å². The molecule has 3 aliphatic heterocycles. The molecule has 0 unspecified atom stereocenters. The minimum Gasteiger partial charge on any atom is -0.425 e. The Morgan fingerprint density at radius 1 is 0.773 bits per heavy atom. The number of benzene rings is 4. The highest BCUT2D eigenvalue weighted by Crippen LogP contribution is 2.49. The Labute approximate surface area is 250 Å². The molecule has 0 N–H and O–H groups in total. The third-order valence-corrected chi connectivity index (χ3v) is 8.33. The van der Waals surface area contributed by atoms with Crippen molar-refractivity contribution in [2.45, 2.75) is 12.1 Å². The predicted octanol–water partition coefficient (Wildman–Crippen LogP) is 4.82. The predicted molar refractivity (Wildman–Crippen MR) is 160 cm³/mol. The molecule has 2 saturated heterocycles. The number of hydrogen-bond acceptors (Lipinski definition) is 8. The number of para-hydroxylation sites is 1. The largest absolute Gasteiger partial charge is 0.425 e. The van der Waals surface area contributed by atoms with Crippen LogP contribution in [0.1, 0.15) is 21.5 Å². The van der Waals surface area contributed by atoms with Gasteiger partial charge in [-0.15, -0.1) is 0 Å². The van der Waals surface area contributed by atoms with Crippen molar-refractivity contribution in [1.29, 1.82) is 0 Å². The van der Waals surface area contributed by atoms with Crippen LogP contribution >= 0.6 is 0 Å². The summed E-state index contributed by atoms with van der Waals surface area (Å²) in [7, 11) is 0. The lowest BCUT2D eigenvalue weighted by molar-refractivity contribution is -0.384. The van der Waals surface area contributed by atoms with E-state index in [1.165, 1.54) is 36.4 Å². The number of ether oxygens (including phenoxy) is 1. The summed E-state index contributed by atoms with van der Waals surface area (Å²) in [5.41, 5.74) is 2.24. The van der Waals surface area contributed by atoms with E-state index in [4.69, 9.17) is 4.74 Å². The maximum Gasteiger partial charge on any atom is 0.335 e. The number of anilines is 2. The molecule has 0 spiro atoms. The van der Waals surface area contributed by atoms with E-state index in [-0.39, 0.29) is 22.9 Å². The monoisotopic (exact) mass is 585 g/mol. The van der Waals surface area contributed by atoms with Gasteiger partial charge in [0.2, 0.25) is 11.8 Å². The third-order valence-electron chi connectivity index (χ3n) is 8.33. The van der Waals surface area contributed by atoms with Gasteiger partial charge < -0.3 is 9.64 Å². The summed E-state index contributed by atoms with van der Waals surface area (Å²) in [6.45, 7) is 0. The van der Waals surface area contributed by atoms with Crippen molar-refractivity contribution in [3.05, 3.63) is 136 Å². The molecule has 3 aliphatic rings. The topological polar surface area (TPSA) is 127 Å². The maximum atomic E-state index is 14.0. The third kappa shape index (κ3) is 4.27. The number of nitro benzene ring substituents is 1. The number of fused-ring (bicyclic) bond motifs is 5. The average Bonchev–Trinajstić information content (AvgIpc) is 3.53. The first-order valence-corrected chi connectivity index (χ1v) is 13.9. The molecular formula is C34H23N3O7. The Balaban J connectivity index is 1.23. The number of amides is 2. The number of ketones is 1. The van der Waals surface area contributed by atoms with Gasteiger partial charge in [0.1, 0.15) is 11.8 Å². The maximum absolute atomic E-state index is 14.0. The van der Waals surface area contributed by atoms with Gasteiger partial charge in [0, 0.05) is 28.9 Å². The quantitative estimate of drug-likeness (QED) is 0.0787. The molecule has 44 heavy (non-hydrogen) atoms. The fourth-order valence-corrected chi connectivity index (χ4v) is 6.39. The molecule has 7 rings (SSSR count). The Kier molecular flexibility index (Phi) is 6.39. The second-order valence-electron chi connectivity index (χ2n) is 10.7. The molecule has 0 radical (unpaired) electrons. The van der Waals surface area contributed by atoms with Crippen LogP contribution in [0.2, 0.25) is 0 Å². The molecular weight excluding hydrogens is 562 g/mol. The molecule has 4 aromatic rings. The van der Waals surface area contributed by atoms with E-state index < -0.39 is 46.6 Å². The molecule has 4 atom stereocenters. The molecule has 2 fully saturated rings. The van der Waals surface area contributed by atoms with Gasteiger partial charge in [0.05, 0.1) is 28.5 Å². The van der Waals surface area contributed by atoms with E-state index in [0.717, 1.165) is 10.5 Å². The molecule has 0 bridgehead atoms. The summed E-state index contributed by atoms with van der Waals surface area (Å²) < 4.78 is 5.80. The zero-order valence-electron chi connectivity index (χ0n) is 23.0. The molecule has 216 valence electrons. The SMILES string of the molecule is O=C(c1ccccc1)c1ccc(OC(=O)[C@@H]2[C@@H]3C(=O)N(c4cccc([N+](=O)[O-])c4)C(=O)[C@H]3[C@H]3C=Cc4ccccc4N32)cc1. The van der Waals surface area contributed by atoms with Gasteiger partial charge in [-0.1, -0.05) is 66.7 Å². The van der Waals surface area contributed by atoms with E-state index in [0.29, 0.717) is 16.8 Å². The van der Waals surface area contributed by atoms with E-state index in [1.807, 2.05) is 36.4 Å². The summed E-state index contributed by atoms with van der Waals surface area (Å²) in [5, 5.41) is 11.4. The van der Waals surface area contributed by atoms with Gasteiger partial charge in [-0.3, -0.25) is 24.5 Å². The standard InChI is InChI=1S/C34H23N3O7/c38-31(21-8-2-1-3-9-21)22-13-16-25(17-14-22)44-34(41)30-29-28(27-18-15-20-7-4-5-12-26(20)36(27)30)32(39)35(33(29)40)23-10-6-11-24(19-23)37(42)43/h1-19,27-30H/t27-,28+,29-,30+/m1/s1. The van der Waals surface area contributed by atoms with Crippen LogP contribution in [0.15, 0.2) is 109 Å². The lowest BCUT2D eigenvalue weighted by Gasteiger charge is -2.36. The van der Waals surface area contributed by atoms with Crippen molar-refractivity contribution in [2.75, 3.05) is 9.80 Å².